The highest BCUT2D eigenvalue weighted by molar-refractivity contribution is 5.85. The SMILES string of the molecule is C=C/C=C(\C=C)CCc1cc(C(=O)O)n[nH]1. The van der Waals surface area contributed by atoms with Crippen LogP contribution >= 0.6 is 0 Å². The summed E-state index contributed by atoms with van der Waals surface area (Å²) >= 11 is 0. The molecule has 0 saturated heterocycles. The van der Waals surface area contributed by atoms with Gasteiger partial charge in [0.2, 0.25) is 0 Å². The lowest BCUT2D eigenvalue weighted by Gasteiger charge is -1.98. The second-order valence-electron chi connectivity index (χ2n) is 3.26. The molecule has 1 heterocycles. The van der Waals surface area contributed by atoms with E-state index in [1.165, 1.54) is 6.07 Å². The number of H-pyrrole nitrogens is 1. The van der Waals surface area contributed by atoms with Gasteiger partial charge in [-0.25, -0.2) is 4.79 Å². The maximum atomic E-state index is 10.6. The highest BCUT2D eigenvalue weighted by Gasteiger charge is 2.07. The normalized spacial score (nSPS) is 11.1. The van der Waals surface area contributed by atoms with E-state index in [0.29, 0.717) is 6.42 Å². The van der Waals surface area contributed by atoms with E-state index in [2.05, 4.69) is 23.4 Å². The van der Waals surface area contributed by atoms with Gasteiger partial charge in [0, 0.05) is 5.69 Å². The monoisotopic (exact) mass is 218 g/mol. The highest BCUT2D eigenvalue weighted by Crippen LogP contribution is 2.09. The van der Waals surface area contributed by atoms with E-state index in [1.807, 2.05) is 6.08 Å². The first-order chi connectivity index (χ1) is 7.67. The summed E-state index contributed by atoms with van der Waals surface area (Å²) in [7, 11) is 0. The molecular weight excluding hydrogens is 204 g/mol. The van der Waals surface area contributed by atoms with Crippen LogP contribution < -0.4 is 0 Å². The molecule has 4 nitrogen and oxygen atoms in total. The molecule has 0 amide bonds. The number of aromatic carboxylic acids is 1. The molecule has 2 N–H and O–H groups in total. The maximum absolute atomic E-state index is 10.6. The third-order valence-electron chi connectivity index (χ3n) is 2.13. The first-order valence-electron chi connectivity index (χ1n) is 4.89. The Bertz CT molecular complexity index is 430. The number of nitrogens with zero attached hydrogens (tertiary/aromatic N) is 1. The van der Waals surface area contributed by atoms with Crippen LogP contribution in [-0.4, -0.2) is 21.3 Å². The van der Waals surface area contributed by atoms with Crippen LogP contribution in [0, 0.1) is 0 Å². The predicted octanol–water partition coefficient (Wildman–Crippen LogP) is 2.34. The molecular formula is C12H14N2O2. The Morgan fingerprint density at radius 2 is 2.31 bits per heavy atom. The number of allylic oxidation sites excluding steroid dienone is 4. The van der Waals surface area contributed by atoms with E-state index in [4.69, 9.17) is 5.11 Å². The molecule has 84 valence electrons. The Morgan fingerprint density at radius 1 is 1.56 bits per heavy atom. The second-order valence-corrected chi connectivity index (χ2v) is 3.26. The zero-order valence-corrected chi connectivity index (χ0v) is 8.94. The van der Waals surface area contributed by atoms with Crippen molar-refractivity contribution in [1.29, 1.82) is 0 Å². The van der Waals surface area contributed by atoms with Gasteiger partial charge in [0.25, 0.3) is 0 Å². The molecule has 1 rings (SSSR count). The van der Waals surface area contributed by atoms with Crippen LogP contribution in [0.3, 0.4) is 0 Å². The van der Waals surface area contributed by atoms with Crippen LogP contribution in [0.2, 0.25) is 0 Å². The summed E-state index contributed by atoms with van der Waals surface area (Å²) in [6.45, 7) is 7.30. The molecule has 0 aliphatic heterocycles. The van der Waals surface area contributed by atoms with Crippen LogP contribution in [0.1, 0.15) is 22.6 Å². The summed E-state index contributed by atoms with van der Waals surface area (Å²) in [5.41, 5.74) is 1.90. The summed E-state index contributed by atoms with van der Waals surface area (Å²) in [6, 6.07) is 1.54. The smallest absolute Gasteiger partial charge is 0.356 e. The Morgan fingerprint density at radius 3 is 2.81 bits per heavy atom. The first kappa shape index (κ1) is 12.0. The fourth-order valence-corrected chi connectivity index (χ4v) is 1.28. The molecule has 1 aromatic heterocycles. The zero-order valence-electron chi connectivity index (χ0n) is 8.94. The van der Waals surface area contributed by atoms with Crippen molar-refractivity contribution in [3.05, 3.63) is 54.4 Å². The molecule has 4 heteroatoms. The van der Waals surface area contributed by atoms with Gasteiger partial charge in [0.1, 0.15) is 0 Å². The minimum atomic E-state index is -1.02. The minimum absolute atomic E-state index is 0.0443. The molecule has 0 unspecified atom stereocenters. The lowest BCUT2D eigenvalue weighted by Crippen LogP contribution is -1.95. The quantitative estimate of drug-likeness (QED) is 0.720. The van der Waals surface area contributed by atoms with Gasteiger partial charge in [-0.05, 0) is 24.5 Å². The maximum Gasteiger partial charge on any atom is 0.356 e. The number of hydrogen-bond donors (Lipinski definition) is 2. The molecule has 0 bridgehead atoms. The number of hydrogen-bond acceptors (Lipinski definition) is 2. The molecule has 0 aliphatic rings. The van der Waals surface area contributed by atoms with Gasteiger partial charge in [-0.15, -0.1) is 0 Å². The Labute approximate surface area is 94.0 Å². The van der Waals surface area contributed by atoms with Gasteiger partial charge >= 0.3 is 5.97 Å². The lowest BCUT2D eigenvalue weighted by molar-refractivity contribution is 0.0690. The number of aryl methyl sites for hydroxylation is 1. The third-order valence-corrected chi connectivity index (χ3v) is 2.13. The molecule has 0 atom stereocenters. The van der Waals surface area contributed by atoms with Crippen LogP contribution in [0.25, 0.3) is 0 Å². The Balaban J connectivity index is 2.60. The zero-order chi connectivity index (χ0) is 12.0. The van der Waals surface area contributed by atoms with Gasteiger partial charge in [-0.3, -0.25) is 5.10 Å². The highest BCUT2D eigenvalue weighted by atomic mass is 16.4. The van der Waals surface area contributed by atoms with Crippen molar-refractivity contribution in [3.63, 3.8) is 0 Å². The average Bonchev–Trinajstić information content (AvgIpc) is 2.73. The van der Waals surface area contributed by atoms with Crippen LogP contribution in [-0.2, 0) is 6.42 Å². The van der Waals surface area contributed by atoms with Crippen molar-refractivity contribution >= 4 is 5.97 Å². The van der Waals surface area contributed by atoms with Crippen molar-refractivity contribution in [2.75, 3.05) is 0 Å². The third kappa shape index (κ3) is 3.24. The average molecular weight is 218 g/mol. The largest absolute Gasteiger partial charge is 0.476 e. The molecule has 0 fully saturated rings. The van der Waals surface area contributed by atoms with E-state index in [-0.39, 0.29) is 5.69 Å². The van der Waals surface area contributed by atoms with Crippen molar-refractivity contribution in [1.82, 2.24) is 10.2 Å². The fraction of sp³-hybridized carbons (Fsp3) is 0.167. The summed E-state index contributed by atoms with van der Waals surface area (Å²) in [5.74, 6) is -1.02. The standard InChI is InChI=1S/C12H14N2O2/c1-3-5-9(4-2)6-7-10-8-11(12(15)16)14-13-10/h3-5,8H,1-2,6-7H2,(H,13,14)(H,15,16)/b9-5+. The Hall–Kier alpha value is -2.10. The van der Waals surface area contributed by atoms with E-state index >= 15 is 0 Å². The van der Waals surface area contributed by atoms with E-state index in [1.54, 1.807) is 12.2 Å². The predicted molar refractivity (Wildman–Crippen MR) is 62.3 cm³/mol. The molecule has 16 heavy (non-hydrogen) atoms. The molecule has 1 aromatic rings. The Kier molecular flexibility index (Phi) is 4.27. The van der Waals surface area contributed by atoms with Crippen LogP contribution in [0.15, 0.2) is 43.0 Å². The summed E-state index contributed by atoms with van der Waals surface area (Å²) in [6.07, 6.45) is 6.81. The van der Waals surface area contributed by atoms with Crippen LogP contribution in [0.4, 0.5) is 0 Å². The van der Waals surface area contributed by atoms with Gasteiger partial charge in [0.05, 0.1) is 0 Å². The number of carboxylic acids is 1. The second kappa shape index (κ2) is 5.70. The van der Waals surface area contributed by atoms with Gasteiger partial charge in [-0.2, -0.15) is 5.10 Å². The van der Waals surface area contributed by atoms with E-state index in [0.717, 1.165) is 17.7 Å². The van der Waals surface area contributed by atoms with Gasteiger partial charge in [0.15, 0.2) is 5.69 Å². The lowest BCUT2D eigenvalue weighted by atomic mass is 10.1. The van der Waals surface area contributed by atoms with Crippen molar-refractivity contribution in [3.8, 4) is 0 Å². The van der Waals surface area contributed by atoms with Crippen molar-refractivity contribution in [2.24, 2.45) is 0 Å². The number of aromatic amines is 1. The molecule has 0 aliphatic carbocycles. The molecule has 0 radical (unpaired) electrons. The summed E-state index contributed by atoms with van der Waals surface area (Å²) in [4.78, 5) is 10.6. The number of carbonyl (C=O) groups is 1. The van der Waals surface area contributed by atoms with Gasteiger partial charge < -0.3 is 5.11 Å². The van der Waals surface area contributed by atoms with Crippen molar-refractivity contribution < 1.29 is 9.90 Å². The fourth-order valence-electron chi connectivity index (χ4n) is 1.28. The van der Waals surface area contributed by atoms with E-state index < -0.39 is 5.97 Å². The van der Waals surface area contributed by atoms with Crippen LogP contribution in [0.5, 0.6) is 0 Å². The number of carboxylic acid groups (broad SMARTS) is 1. The number of rotatable bonds is 6. The molecule has 0 saturated carbocycles. The van der Waals surface area contributed by atoms with E-state index in [9.17, 15) is 4.79 Å². The first-order valence-corrected chi connectivity index (χ1v) is 4.89. The number of nitrogens with one attached hydrogen (secondary N) is 1. The number of aromatic nitrogens is 2. The summed E-state index contributed by atoms with van der Waals surface area (Å²) in [5, 5.41) is 15.0. The topological polar surface area (TPSA) is 66.0 Å². The van der Waals surface area contributed by atoms with Crippen molar-refractivity contribution in [2.45, 2.75) is 12.8 Å². The molecule has 0 aromatic carbocycles. The van der Waals surface area contributed by atoms with Gasteiger partial charge in [-0.1, -0.05) is 31.4 Å². The molecule has 0 spiro atoms. The minimum Gasteiger partial charge on any atom is -0.476 e. The summed E-state index contributed by atoms with van der Waals surface area (Å²) < 4.78 is 0.